The van der Waals surface area contributed by atoms with Gasteiger partial charge in [0.25, 0.3) is 0 Å². The minimum atomic E-state index is 0.158. The molecule has 3 rings (SSSR count). The van der Waals surface area contributed by atoms with Gasteiger partial charge >= 0.3 is 0 Å². The van der Waals surface area contributed by atoms with E-state index in [-0.39, 0.29) is 12.0 Å². The number of aromatic nitrogens is 3. The third-order valence-electron chi connectivity index (χ3n) is 4.41. The van der Waals surface area contributed by atoms with Gasteiger partial charge in [0.15, 0.2) is 0 Å². The Labute approximate surface area is 142 Å². The normalized spacial score (nSPS) is 15.6. The molecular formula is C18H24N4O2. The zero-order valence-electron chi connectivity index (χ0n) is 14.1. The third kappa shape index (κ3) is 4.20. The summed E-state index contributed by atoms with van der Waals surface area (Å²) >= 11 is 0. The molecule has 24 heavy (non-hydrogen) atoms. The van der Waals surface area contributed by atoms with Crippen molar-refractivity contribution in [3.8, 4) is 0 Å². The molecule has 0 unspecified atom stereocenters. The number of rotatable bonds is 6. The van der Waals surface area contributed by atoms with Gasteiger partial charge in [0, 0.05) is 38.1 Å². The molecule has 6 nitrogen and oxygen atoms in total. The number of imidazole rings is 1. The molecule has 3 heterocycles. The number of likely N-dealkylation sites (tertiary alicyclic amines) is 1. The Balaban J connectivity index is 1.44. The first-order chi connectivity index (χ1) is 11.8. The van der Waals surface area contributed by atoms with Gasteiger partial charge in [-0.1, -0.05) is 13.0 Å². The quantitative estimate of drug-likeness (QED) is 0.814. The molecule has 1 aliphatic rings. The Morgan fingerprint density at radius 1 is 1.25 bits per heavy atom. The summed E-state index contributed by atoms with van der Waals surface area (Å²) in [5.41, 5.74) is 0.947. The van der Waals surface area contributed by atoms with Crippen molar-refractivity contribution in [2.45, 2.75) is 45.4 Å². The number of nitrogens with zero attached hydrogens (tertiary/aromatic N) is 4. The highest BCUT2D eigenvalue weighted by atomic mass is 16.5. The number of amides is 1. The smallest absolute Gasteiger partial charge is 0.242 e. The van der Waals surface area contributed by atoms with E-state index in [1.807, 2.05) is 40.8 Å². The Kier molecular flexibility index (Phi) is 5.59. The molecule has 1 aliphatic heterocycles. The summed E-state index contributed by atoms with van der Waals surface area (Å²) in [5.74, 6) is 1.11. The van der Waals surface area contributed by atoms with Crippen molar-refractivity contribution in [1.82, 2.24) is 19.4 Å². The van der Waals surface area contributed by atoms with Gasteiger partial charge in [-0.3, -0.25) is 9.78 Å². The lowest BCUT2D eigenvalue weighted by molar-refractivity contribution is -0.134. The van der Waals surface area contributed by atoms with Gasteiger partial charge in [-0.05, 0) is 25.0 Å². The first kappa shape index (κ1) is 16.6. The highest BCUT2D eigenvalue weighted by Crippen LogP contribution is 2.16. The van der Waals surface area contributed by atoms with Crippen LogP contribution in [0.25, 0.3) is 0 Å². The summed E-state index contributed by atoms with van der Waals surface area (Å²) in [4.78, 5) is 22.9. The average molecular weight is 328 g/mol. The summed E-state index contributed by atoms with van der Waals surface area (Å²) in [5, 5.41) is 0. The number of hydrogen-bond acceptors (Lipinski definition) is 4. The van der Waals surface area contributed by atoms with Gasteiger partial charge in [0.2, 0.25) is 5.91 Å². The van der Waals surface area contributed by atoms with Crippen LogP contribution in [0.4, 0.5) is 0 Å². The largest absolute Gasteiger partial charge is 0.372 e. The first-order valence-electron chi connectivity index (χ1n) is 8.55. The first-order valence-corrected chi connectivity index (χ1v) is 8.55. The summed E-state index contributed by atoms with van der Waals surface area (Å²) in [6.45, 7) is 4.47. The van der Waals surface area contributed by atoms with E-state index in [1.165, 1.54) is 0 Å². The van der Waals surface area contributed by atoms with Crippen LogP contribution in [-0.4, -0.2) is 44.5 Å². The Morgan fingerprint density at radius 2 is 2.08 bits per heavy atom. The maximum atomic E-state index is 12.4. The molecule has 0 bridgehead atoms. The monoisotopic (exact) mass is 328 g/mol. The van der Waals surface area contributed by atoms with Crippen LogP contribution in [0.15, 0.2) is 36.8 Å². The SMILES string of the molecule is CCc1nccn1CC(=O)N1CCC(OCc2ccccn2)CC1. The number of carbonyl (C=O) groups is 1. The van der Waals surface area contributed by atoms with Crippen LogP contribution in [0.3, 0.4) is 0 Å². The molecule has 6 heteroatoms. The molecule has 0 radical (unpaired) electrons. The van der Waals surface area contributed by atoms with Crippen molar-refractivity contribution in [1.29, 1.82) is 0 Å². The number of hydrogen-bond donors (Lipinski definition) is 0. The zero-order valence-corrected chi connectivity index (χ0v) is 14.1. The van der Waals surface area contributed by atoms with Gasteiger partial charge in [-0.2, -0.15) is 0 Å². The molecule has 0 atom stereocenters. The van der Waals surface area contributed by atoms with Gasteiger partial charge in [0.1, 0.15) is 12.4 Å². The predicted octanol–water partition coefficient (Wildman–Crippen LogP) is 2.05. The van der Waals surface area contributed by atoms with E-state index in [4.69, 9.17) is 4.74 Å². The summed E-state index contributed by atoms with van der Waals surface area (Å²) < 4.78 is 7.86. The highest BCUT2D eigenvalue weighted by Gasteiger charge is 2.23. The van der Waals surface area contributed by atoms with Crippen molar-refractivity contribution in [3.63, 3.8) is 0 Å². The van der Waals surface area contributed by atoms with Gasteiger partial charge in [-0.15, -0.1) is 0 Å². The topological polar surface area (TPSA) is 60.2 Å². The van der Waals surface area contributed by atoms with Crippen LogP contribution in [-0.2, 0) is 29.1 Å². The van der Waals surface area contributed by atoms with E-state index in [1.54, 1.807) is 12.4 Å². The molecule has 0 saturated carbocycles. The average Bonchev–Trinajstić information content (AvgIpc) is 3.08. The van der Waals surface area contributed by atoms with Crippen LogP contribution < -0.4 is 0 Å². The minimum Gasteiger partial charge on any atom is -0.372 e. The van der Waals surface area contributed by atoms with E-state index < -0.39 is 0 Å². The van der Waals surface area contributed by atoms with Gasteiger partial charge in [-0.25, -0.2) is 4.98 Å². The number of pyridine rings is 1. The molecule has 128 valence electrons. The summed E-state index contributed by atoms with van der Waals surface area (Å²) in [7, 11) is 0. The Bertz CT molecular complexity index is 648. The molecule has 0 aliphatic carbocycles. The fourth-order valence-corrected chi connectivity index (χ4v) is 3.00. The third-order valence-corrected chi connectivity index (χ3v) is 4.41. The van der Waals surface area contributed by atoms with E-state index in [0.29, 0.717) is 13.2 Å². The van der Waals surface area contributed by atoms with Crippen LogP contribution in [0.5, 0.6) is 0 Å². The fourth-order valence-electron chi connectivity index (χ4n) is 3.00. The molecule has 1 saturated heterocycles. The van der Waals surface area contributed by atoms with Gasteiger partial charge < -0.3 is 14.2 Å². The number of piperidine rings is 1. The van der Waals surface area contributed by atoms with E-state index >= 15 is 0 Å². The van der Waals surface area contributed by atoms with Crippen molar-refractivity contribution in [2.75, 3.05) is 13.1 Å². The Hall–Kier alpha value is -2.21. The summed E-state index contributed by atoms with van der Waals surface area (Å²) in [6, 6.07) is 5.83. The number of aryl methyl sites for hydroxylation is 1. The van der Waals surface area contributed by atoms with Crippen molar-refractivity contribution in [2.24, 2.45) is 0 Å². The molecule has 0 N–H and O–H groups in total. The van der Waals surface area contributed by atoms with E-state index in [9.17, 15) is 4.79 Å². The van der Waals surface area contributed by atoms with Crippen LogP contribution >= 0.6 is 0 Å². The maximum Gasteiger partial charge on any atom is 0.242 e. The second-order valence-corrected chi connectivity index (χ2v) is 6.04. The molecule has 1 amide bonds. The van der Waals surface area contributed by atoms with Crippen LogP contribution in [0.2, 0.25) is 0 Å². The second kappa shape index (κ2) is 8.06. The van der Waals surface area contributed by atoms with E-state index in [2.05, 4.69) is 9.97 Å². The maximum absolute atomic E-state index is 12.4. The number of ether oxygens (including phenoxy) is 1. The van der Waals surface area contributed by atoms with Gasteiger partial charge in [0.05, 0.1) is 18.4 Å². The number of carbonyl (C=O) groups excluding carboxylic acids is 1. The summed E-state index contributed by atoms with van der Waals surface area (Å²) in [6.07, 6.45) is 8.20. The molecule has 0 spiro atoms. The molecular weight excluding hydrogens is 304 g/mol. The lowest BCUT2D eigenvalue weighted by Gasteiger charge is -2.32. The minimum absolute atomic E-state index is 0.158. The molecule has 2 aromatic rings. The molecule has 1 fully saturated rings. The highest BCUT2D eigenvalue weighted by molar-refractivity contribution is 5.76. The van der Waals surface area contributed by atoms with Crippen LogP contribution in [0.1, 0.15) is 31.3 Å². The zero-order chi connectivity index (χ0) is 16.8. The van der Waals surface area contributed by atoms with Crippen molar-refractivity contribution < 1.29 is 9.53 Å². The predicted molar refractivity (Wildman–Crippen MR) is 90.2 cm³/mol. The van der Waals surface area contributed by atoms with Crippen molar-refractivity contribution in [3.05, 3.63) is 48.3 Å². The standard InChI is InChI=1S/C18H24N4O2/c1-2-17-20-9-12-22(17)13-18(23)21-10-6-16(7-11-21)24-14-15-5-3-4-8-19-15/h3-5,8-9,12,16H,2,6-7,10-11,13-14H2,1H3. The lowest BCUT2D eigenvalue weighted by Crippen LogP contribution is -2.42. The second-order valence-electron chi connectivity index (χ2n) is 6.04. The van der Waals surface area contributed by atoms with Crippen molar-refractivity contribution >= 4 is 5.91 Å². The van der Waals surface area contributed by atoms with Crippen LogP contribution in [0, 0.1) is 0 Å². The fraction of sp³-hybridized carbons (Fsp3) is 0.500. The van der Waals surface area contributed by atoms with E-state index in [0.717, 1.165) is 43.9 Å². The Morgan fingerprint density at radius 3 is 2.79 bits per heavy atom. The molecule has 0 aromatic carbocycles. The lowest BCUT2D eigenvalue weighted by atomic mass is 10.1. The molecule has 2 aromatic heterocycles.